The van der Waals surface area contributed by atoms with Gasteiger partial charge in [-0.3, -0.25) is 9.59 Å². The third-order valence-electron chi connectivity index (χ3n) is 4.61. The number of carbonyl (C=O) groups excluding carboxylic acids is 2. The van der Waals surface area contributed by atoms with E-state index in [-0.39, 0.29) is 23.6 Å². The minimum absolute atomic E-state index is 0.142. The molecule has 0 aliphatic carbocycles. The molecule has 9 heteroatoms. The van der Waals surface area contributed by atoms with Crippen molar-refractivity contribution in [2.75, 3.05) is 17.7 Å². The van der Waals surface area contributed by atoms with E-state index >= 15 is 0 Å². The number of rotatable bonds is 10. The number of thioether (sulfide) groups is 1. The molecule has 0 aliphatic rings. The highest BCUT2D eigenvalue weighted by molar-refractivity contribution is 7.99. The molecule has 0 radical (unpaired) electrons. The Hall–Kier alpha value is -3.33. The number of nitrogens with one attached hydrogen (secondary N) is 2. The highest BCUT2D eigenvalue weighted by Gasteiger charge is 2.20. The first-order chi connectivity index (χ1) is 15.5. The lowest BCUT2D eigenvalue weighted by Crippen LogP contribution is -2.28. The molecule has 2 aromatic carbocycles. The van der Waals surface area contributed by atoms with E-state index in [4.69, 9.17) is 4.74 Å². The number of carbonyl (C=O) groups is 2. The Kier molecular flexibility index (Phi) is 8.27. The van der Waals surface area contributed by atoms with Crippen LogP contribution in [0.4, 0.5) is 5.69 Å². The van der Waals surface area contributed by atoms with E-state index in [0.717, 1.165) is 5.75 Å². The Morgan fingerprint density at radius 2 is 1.78 bits per heavy atom. The quantitative estimate of drug-likeness (QED) is 0.452. The lowest BCUT2D eigenvalue weighted by molar-refractivity contribution is -0.113. The van der Waals surface area contributed by atoms with Crippen molar-refractivity contribution in [3.63, 3.8) is 0 Å². The summed E-state index contributed by atoms with van der Waals surface area (Å²) in [5.74, 6) is 1.28. The van der Waals surface area contributed by atoms with Crippen LogP contribution in [0.2, 0.25) is 0 Å². The average Bonchev–Trinajstić information content (AvgIpc) is 3.23. The van der Waals surface area contributed by atoms with Crippen molar-refractivity contribution < 1.29 is 14.3 Å². The van der Waals surface area contributed by atoms with Gasteiger partial charge in [-0.2, -0.15) is 0 Å². The van der Waals surface area contributed by atoms with Gasteiger partial charge in [-0.25, -0.2) is 0 Å². The first kappa shape index (κ1) is 23.3. The number of ether oxygens (including phenoxy) is 1. The molecular weight excluding hydrogens is 426 g/mol. The Labute approximate surface area is 191 Å². The first-order valence-corrected chi connectivity index (χ1v) is 11.4. The number of anilines is 1. The van der Waals surface area contributed by atoms with Gasteiger partial charge in [0.05, 0.1) is 18.4 Å². The van der Waals surface area contributed by atoms with Gasteiger partial charge in [-0.15, -0.1) is 10.2 Å². The molecule has 0 unspecified atom stereocenters. The van der Waals surface area contributed by atoms with Gasteiger partial charge >= 0.3 is 0 Å². The van der Waals surface area contributed by atoms with Gasteiger partial charge in [-0.1, -0.05) is 30.0 Å². The maximum atomic E-state index is 12.4. The van der Waals surface area contributed by atoms with Crippen molar-refractivity contribution in [2.45, 2.75) is 38.5 Å². The van der Waals surface area contributed by atoms with Crippen LogP contribution < -0.4 is 15.4 Å². The molecule has 1 atom stereocenters. The van der Waals surface area contributed by atoms with E-state index < -0.39 is 0 Å². The van der Waals surface area contributed by atoms with E-state index in [1.54, 1.807) is 24.3 Å². The lowest BCUT2D eigenvalue weighted by Gasteiger charge is -2.15. The van der Waals surface area contributed by atoms with Crippen molar-refractivity contribution >= 4 is 29.3 Å². The molecule has 0 spiro atoms. The molecule has 1 heterocycles. The summed E-state index contributed by atoms with van der Waals surface area (Å²) in [6.07, 6.45) is 0. The second kappa shape index (κ2) is 11.3. The number of nitrogens with zero attached hydrogens (tertiary/aromatic N) is 3. The summed E-state index contributed by atoms with van der Waals surface area (Å²) < 4.78 is 7.31. The van der Waals surface area contributed by atoms with E-state index in [2.05, 4.69) is 20.8 Å². The molecule has 2 N–H and O–H groups in total. The molecule has 8 nitrogen and oxygen atoms in total. The SMILES string of the molecule is CCOc1ccc(NC(=O)CSc2nnc([C@@H](C)NC(=O)c3ccccc3)n2CC)cc1. The summed E-state index contributed by atoms with van der Waals surface area (Å²) in [6, 6.07) is 15.9. The zero-order chi connectivity index (χ0) is 22.9. The molecule has 2 amide bonds. The van der Waals surface area contributed by atoms with Crippen LogP contribution >= 0.6 is 11.8 Å². The fourth-order valence-corrected chi connectivity index (χ4v) is 3.90. The van der Waals surface area contributed by atoms with E-state index in [1.165, 1.54) is 11.8 Å². The molecule has 168 valence electrons. The van der Waals surface area contributed by atoms with Gasteiger partial charge in [-0.05, 0) is 57.2 Å². The highest BCUT2D eigenvalue weighted by Crippen LogP contribution is 2.22. The van der Waals surface area contributed by atoms with Crippen molar-refractivity contribution in [3.8, 4) is 5.75 Å². The zero-order valence-corrected chi connectivity index (χ0v) is 19.2. The highest BCUT2D eigenvalue weighted by atomic mass is 32.2. The summed E-state index contributed by atoms with van der Waals surface area (Å²) in [7, 11) is 0. The number of benzene rings is 2. The molecule has 32 heavy (non-hydrogen) atoms. The average molecular weight is 454 g/mol. The Morgan fingerprint density at radius 1 is 1.06 bits per heavy atom. The monoisotopic (exact) mass is 453 g/mol. The number of hydrogen-bond donors (Lipinski definition) is 2. The smallest absolute Gasteiger partial charge is 0.251 e. The molecule has 0 saturated heterocycles. The predicted molar refractivity (Wildman–Crippen MR) is 125 cm³/mol. The van der Waals surface area contributed by atoms with Gasteiger partial charge in [0.15, 0.2) is 11.0 Å². The van der Waals surface area contributed by atoms with Crippen LogP contribution in [0.25, 0.3) is 0 Å². The van der Waals surface area contributed by atoms with Crippen LogP contribution in [0.15, 0.2) is 59.8 Å². The van der Waals surface area contributed by atoms with Crippen LogP contribution in [0.3, 0.4) is 0 Å². The number of amides is 2. The largest absolute Gasteiger partial charge is 0.494 e. The minimum Gasteiger partial charge on any atom is -0.494 e. The second-order valence-electron chi connectivity index (χ2n) is 6.94. The van der Waals surface area contributed by atoms with Crippen molar-refractivity contribution in [1.82, 2.24) is 20.1 Å². The van der Waals surface area contributed by atoms with Crippen LogP contribution in [0.5, 0.6) is 5.75 Å². The Balaban J connectivity index is 1.58. The predicted octanol–water partition coefficient (Wildman–Crippen LogP) is 3.92. The van der Waals surface area contributed by atoms with Crippen molar-refractivity contribution in [1.29, 1.82) is 0 Å². The fraction of sp³-hybridized carbons (Fsp3) is 0.304. The maximum Gasteiger partial charge on any atom is 0.251 e. The van der Waals surface area contributed by atoms with Crippen LogP contribution in [-0.4, -0.2) is 38.9 Å². The molecule has 3 rings (SSSR count). The van der Waals surface area contributed by atoms with E-state index in [1.807, 2.05) is 55.7 Å². The standard InChI is InChI=1S/C23H27N5O3S/c1-4-28-21(16(3)24-22(30)17-9-7-6-8-10-17)26-27-23(28)32-15-20(29)25-18-11-13-19(14-12-18)31-5-2/h6-14,16H,4-5,15H2,1-3H3,(H,24,30)(H,25,29)/t16-/m1/s1. The lowest BCUT2D eigenvalue weighted by atomic mass is 10.2. The summed E-state index contributed by atoms with van der Waals surface area (Å²) in [5, 5.41) is 14.9. The molecule has 0 bridgehead atoms. The molecule has 3 aromatic rings. The topological polar surface area (TPSA) is 98.1 Å². The van der Waals surface area contributed by atoms with Gasteiger partial charge in [0.1, 0.15) is 5.75 Å². The van der Waals surface area contributed by atoms with E-state index in [0.29, 0.717) is 35.4 Å². The molecule has 0 fully saturated rings. The Morgan fingerprint density at radius 3 is 2.44 bits per heavy atom. The zero-order valence-electron chi connectivity index (χ0n) is 18.4. The molecule has 0 aliphatic heterocycles. The summed E-state index contributed by atoms with van der Waals surface area (Å²) in [6.45, 7) is 6.98. The van der Waals surface area contributed by atoms with Crippen molar-refractivity contribution in [2.24, 2.45) is 0 Å². The summed E-state index contributed by atoms with van der Waals surface area (Å²) in [4.78, 5) is 24.8. The number of aromatic nitrogens is 3. The molecule has 1 aromatic heterocycles. The second-order valence-corrected chi connectivity index (χ2v) is 7.88. The molecular formula is C23H27N5O3S. The minimum atomic E-state index is -0.331. The molecule has 0 saturated carbocycles. The maximum absolute atomic E-state index is 12.4. The first-order valence-electron chi connectivity index (χ1n) is 10.5. The third kappa shape index (κ3) is 6.10. The summed E-state index contributed by atoms with van der Waals surface area (Å²) >= 11 is 1.30. The van der Waals surface area contributed by atoms with Crippen molar-refractivity contribution in [3.05, 3.63) is 66.0 Å². The van der Waals surface area contributed by atoms with Gasteiger partial charge in [0, 0.05) is 17.8 Å². The third-order valence-corrected chi connectivity index (χ3v) is 5.58. The van der Waals surface area contributed by atoms with Gasteiger partial charge < -0.3 is 19.9 Å². The van der Waals surface area contributed by atoms with Crippen LogP contribution in [0.1, 0.15) is 43.0 Å². The number of hydrogen-bond acceptors (Lipinski definition) is 6. The Bertz CT molecular complexity index is 1040. The normalized spacial score (nSPS) is 11.6. The fourth-order valence-electron chi connectivity index (χ4n) is 3.09. The van der Waals surface area contributed by atoms with Gasteiger partial charge in [0.25, 0.3) is 5.91 Å². The summed E-state index contributed by atoms with van der Waals surface area (Å²) in [5.41, 5.74) is 1.29. The van der Waals surface area contributed by atoms with Gasteiger partial charge in [0.2, 0.25) is 5.91 Å². The van der Waals surface area contributed by atoms with Crippen LogP contribution in [-0.2, 0) is 11.3 Å². The van der Waals surface area contributed by atoms with Crippen LogP contribution in [0, 0.1) is 0 Å². The van der Waals surface area contributed by atoms with E-state index in [9.17, 15) is 9.59 Å².